The third kappa shape index (κ3) is 2.87. The third-order valence-electron chi connectivity index (χ3n) is 4.13. The minimum Gasteiger partial charge on any atom is -0.382 e. The molecule has 1 aromatic rings. The third-order valence-corrected chi connectivity index (χ3v) is 4.59. The Bertz CT molecular complexity index is 464. The number of anilines is 1. The Morgan fingerprint density at radius 1 is 1.39 bits per heavy atom. The molecule has 1 N–H and O–H groups in total. The van der Waals surface area contributed by atoms with E-state index < -0.39 is 0 Å². The normalized spacial score (nSPS) is 26.9. The maximum Gasteiger partial charge on any atom is 0.0992 e. The maximum absolute atomic E-state index is 8.98. The smallest absolute Gasteiger partial charge is 0.0992 e. The fraction of sp³-hybridized carbons (Fsp3) is 0.533. The largest absolute Gasteiger partial charge is 0.382 e. The van der Waals surface area contributed by atoms with E-state index in [-0.39, 0.29) is 0 Å². The highest BCUT2D eigenvalue weighted by Gasteiger charge is 2.31. The SMILES string of the molecule is CCC1CCC(Nc2cc(Br)cc(C#N)c2)C1C. The van der Waals surface area contributed by atoms with Crippen LogP contribution in [0.1, 0.15) is 38.7 Å². The summed E-state index contributed by atoms with van der Waals surface area (Å²) in [6.07, 6.45) is 3.81. The van der Waals surface area contributed by atoms with Gasteiger partial charge in [-0.05, 0) is 42.9 Å². The van der Waals surface area contributed by atoms with Crippen molar-refractivity contribution in [3.8, 4) is 6.07 Å². The summed E-state index contributed by atoms with van der Waals surface area (Å²) in [5.41, 5.74) is 1.75. The average molecular weight is 307 g/mol. The van der Waals surface area contributed by atoms with Crippen molar-refractivity contribution in [1.82, 2.24) is 0 Å². The molecule has 0 radical (unpaired) electrons. The highest BCUT2D eigenvalue weighted by molar-refractivity contribution is 9.10. The van der Waals surface area contributed by atoms with Gasteiger partial charge in [0, 0.05) is 16.2 Å². The van der Waals surface area contributed by atoms with Gasteiger partial charge >= 0.3 is 0 Å². The minimum absolute atomic E-state index is 0.538. The molecule has 0 aliphatic heterocycles. The first kappa shape index (κ1) is 13.4. The van der Waals surface area contributed by atoms with E-state index in [0.717, 1.165) is 16.1 Å². The van der Waals surface area contributed by atoms with Gasteiger partial charge in [-0.3, -0.25) is 0 Å². The number of nitrogens with one attached hydrogen (secondary N) is 1. The molecule has 1 aliphatic carbocycles. The standard InChI is InChI=1S/C15H19BrN2/c1-3-12-4-5-15(10(12)2)18-14-7-11(9-17)6-13(16)8-14/h6-8,10,12,15,18H,3-5H2,1-2H3. The van der Waals surface area contributed by atoms with Gasteiger partial charge in [0.15, 0.2) is 0 Å². The van der Waals surface area contributed by atoms with Crippen LogP contribution in [0.3, 0.4) is 0 Å². The lowest BCUT2D eigenvalue weighted by Gasteiger charge is -2.22. The van der Waals surface area contributed by atoms with Crippen LogP contribution in [0.25, 0.3) is 0 Å². The van der Waals surface area contributed by atoms with Gasteiger partial charge in [-0.1, -0.05) is 36.2 Å². The summed E-state index contributed by atoms with van der Waals surface area (Å²) >= 11 is 3.45. The van der Waals surface area contributed by atoms with Crippen LogP contribution in [0.15, 0.2) is 22.7 Å². The molecule has 0 heterocycles. The highest BCUT2D eigenvalue weighted by atomic mass is 79.9. The first-order valence-corrected chi connectivity index (χ1v) is 7.40. The molecule has 1 fully saturated rings. The van der Waals surface area contributed by atoms with Gasteiger partial charge in [-0.15, -0.1) is 0 Å². The lowest BCUT2D eigenvalue weighted by atomic mass is 9.93. The van der Waals surface area contributed by atoms with E-state index in [1.807, 2.05) is 18.2 Å². The minimum atomic E-state index is 0.538. The molecule has 0 aromatic heterocycles. The van der Waals surface area contributed by atoms with Crippen molar-refractivity contribution >= 4 is 21.6 Å². The van der Waals surface area contributed by atoms with Crippen LogP contribution >= 0.6 is 15.9 Å². The Balaban J connectivity index is 2.11. The summed E-state index contributed by atoms with van der Waals surface area (Å²) in [6.45, 7) is 4.61. The second-order valence-electron chi connectivity index (χ2n) is 5.20. The summed E-state index contributed by atoms with van der Waals surface area (Å²) in [6, 6.07) is 8.55. The second-order valence-corrected chi connectivity index (χ2v) is 6.11. The molecular weight excluding hydrogens is 288 g/mol. The van der Waals surface area contributed by atoms with E-state index >= 15 is 0 Å². The van der Waals surface area contributed by atoms with E-state index in [0.29, 0.717) is 17.5 Å². The molecular formula is C15H19BrN2. The van der Waals surface area contributed by atoms with Crippen molar-refractivity contribution in [1.29, 1.82) is 5.26 Å². The monoisotopic (exact) mass is 306 g/mol. The molecule has 0 bridgehead atoms. The quantitative estimate of drug-likeness (QED) is 0.888. The summed E-state index contributed by atoms with van der Waals surface area (Å²) < 4.78 is 0.960. The lowest BCUT2D eigenvalue weighted by Crippen LogP contribution is -2.24. The van der Waals surface area contributed by atoms with Crippen LogP contribution in [0.2, 0.25) is 0 Å². The molecule has 0 spiro atoms. The fourth-order valence-electron chi connectivity index (χ4n) is 2.98. The van der Waals surface area contributed by atoms with Gasteiger partial charge in [0.1, 0.15) is 0 Å². The Kier molecular flexibility index (Phi) is 4.29. The molecule has 96 valence electrons. The van der Waals surface area contributed by atoms with Crippen LogP contribution in [0.5, 0.6) is 0 Å². The summed E-state index contributed by atoms with van der Waals surface area (Å²) in [5.74, 6) is 1.55. The van der Waals surface area contributed by atoms with E-state index in [9.17, 15) is 0 Å². The fourth-order valence-corrected chi connectivity index (χ4v) is 3.47. The van der Waals surface area contributed by atoms with Gasteiger partial charge in [-0.25, -0.2) is 0 Å². The molecule has 3 unspecified atom stereocenters. The van der Waals surface area contributed by atoms with E-state index in [1.165, 1.54) is 19.3 Å². The molecule has 2 nitrogen and oxygen atoms in total. The molecule has 2 rings (SSSR count). The number of halogens is 1. The number of rotatable bonds is 3. The van der Waals surface area contributed by atoms with E-state index in [4.69, 9.17) is 5.26 Å². The van der Waals surface area contributed by atoms with Crippen LogP contribution in [0, 0.1) is 23.2 Å². The highest BCUT2D eigenvalue weighted by Crippen LogP contribution is 2.36. The van der Waals surface area contributed by atoms with E-state index in [1.54, 1.807) is 0 Å². The maximum atomic E-state index is 8.98. The first-order chi connectivity index (χ1) is 8.63. The van der Waals surface area contributed by atoms with Crippen molar-refractivity contribution in [2.75, 3.05) is 5.32 Å². The topological polar surface area (TPSA) is 35.8 Å². The van der Waals surface area contributed by atoms with Crippen molar-refractivity contribution in [2.24, 2.45) is 11.8 Å². The molecule has 1 saturated carbocycles. The Labute approximate surface area is 118 Å². The van der Waals surface area contributed by atoms with Gasteiger partial charge < -0.3 is 5.32 Å². The molecule has 0 saturated heterocycles. The molecule has 1 aliphatic rings. The van der Waals surface area contributed by atoms with Crippen LogP contribution in [-0.4, -0.2) is 6.04 Å². The number of hydrogen-bond acceptors (Lipinski definition) is 2. The zero-order valence-electron chi connectivity index (χ0n) is 10.9. The second kappa shape index (κ2) is 5.75. The predicted octanol–water partition coefficient (Wildman–Crippen LogP) is 4.56. The van der Waals surface area contributed by atoms with Gasteiger partial charge in [0.25, 0.3) is 0 Å². The van der Waals surface area contributed by atoms with Crippen molar-refractivity contribution < 1.29 is 0 Å². The summed E-state index contributed by atoms with van der Waals surface area (Å²) in [7, 11) is 0. The first-order valence-electron chi connectivity index (χ1n) is 6.61. The number of nitriles is 1. The molecule has 3 heteroatoms. The predicted molar refractivity (Wildman–Crippen MR) is 78.4 cm³/mol. The van der Waals surface area contributed by atoms with Crippen LogP contribution < -0.4 is 5.32 Å². The summed E-state index contributed by atoms with van der Waals surface area (Å²) in [5, 5.41) is 12.6. The Hall–Kier alpha value is -1.01. The van der Waals surface area contributed by atoms with Gasteiger partial charge in [0.2, 0.25) is 0 Å². The Morgan fingerprint density at radius 3 is 2.78 bits per heavy atom. The summed E-state index contributed by atoms with van der Waals surface area (Å²) in [4.78, 5) is 0. The number of benzene rings is 1. The van der Waals surface area contributed by atoms with Crippen molar-refractivity contribution in [3.05, 3.63) is 28.2 Å². The Morgan fingerprint density at radius 2 is 2.17 bits per heavy atom. The zero-order chi connectivity index (χ0) is 13.1. The van der Waals surface area contributed by atoms with Crippen molar-refractivity contribution in [2.45, 2.75) is 39.2 Å². The number of nitrogens with zero attached hydrogens (tertiary/aromatic N) is 1. The average Bonchev–Trinajstić information content (AvgIpc) is 2.70. The molecule has 0 amide bonds. The van der Waals surface area contributed by atoms with Gasteiger partial charge in [0.05, 0.1) is 11.6 Å². The van der Waals surface area contributed by atoms with Crippen LogP contribution in [-0.2, 0) is 0 Å². The van der Waals surface area contributed by atoms with Crippen molar-refractivity contribution in [3.63, 3.8) is 0 Å². The zero-order valence-corrected chi connectivity index (χ0v) is 12.5. The molecule has 1 aromatic carbocycles. The van der Waals surface area contributed by atoms with Crippen LogP contribution in [0.4, 0.5) is 5.69 Å². The lowest BCUT2D eigenvalue weighted by molar-refractivity contribution is 0.392. The van der Waals surface area contributed by atoms with E-state index in [2.05, 4.69) is 41.2 Å². The van der Waals surface area contributed by atoms with Gasteiger partial charge in [-0.2, -0.15) is 5.26 Å². The molecule has 3 atom stereocenters. The molecule has 18 heavy (non-hydrogen) atoms. The number of hydrogen-bond donors (Lipinski definition) is 1.